The van der Waals surface area contributed by atoms with E-state index in [-0.39, 0.29) is 18.4 Å². The predicted octanol–water partition coefficient (Wildman–Crippen LogP) is -0.699. The normalized spacial score (nSPS) is 23.2. The van der Waals surface area contributed by atoms with E-state index in [4.69, 9.17) is 0 Å². The summed E-state index contributed by atoms with van der Waals surface area (Å²) < 4.78 is 0. The van der Waals surface area contributed by atoms with Gasteiger partial charge in [0.1, 0.15) is 6.29 Å². The van der Waals surface area contributed by atoms with Crippen molar-refractivity contribution >= 4 is 12.2 Å². The molecule has 1 atom stereocenters. The molecule has 1 unspecified atom stereocenters. The summed E-state index contributed by atoms with van der Waals surface area (Å²) in [6, 6.07) is 0. The first-order valence-electron chi connectivity index (χ1n) is 4.26. The molecule has 0 saturated carbocycles. The Morgan fingerprint density at radius 2 is 2.50 bits per heavy atom. The second kappa shape index (κ2) is 4.87. The number of hydrogen-bond acceptors (Lipinski definition) is 3. The molecule has 4 nitrogen and oxygen atoms in total. The summed E-state index contributed by atoms with van der Waals surface area (Å²) in [6.45, 7) is 1.87. The Morgan fingerprint density at radius 1 is 1.67 bits per heavy atom. The van der Waals surface area contributed by atoms with E-state index in [1.165, 1.54) is 0 Å². The molecule has 0 aromatic rings. The van der Waals surface area contributed by atoms with Crippen LogP contribution in [0.4, 0.5) is 0 Å². The molecule has 0 aromatic heterocycles. The number of amides is 1. The number of carbonyl (C=O) groups excluding carboxylic acids is 2. The number of nitrogens with one attached hydrogen (secondary N) is 2. The smallest absolute Gasteiger partial charge is 0.224 e. The zero-order valence-electron chi connectivity index (χ0n) is 7.01. The minimum atomic E-state index is -0.00528. The van der Waals surface area contributed by atoms with Crippen molar-refractivity contribution in [1.29, 1.82) is 0 Å². The summed E-state index contributed by atoms with van der Waals surface area (Å²) in [4.78, 5) is 21.2. The fourth-order valence-electron chi connectivity index (χ4n) is 1.36. The van der Waals surface area contributed by atoms with Gasteiger partial charge in [-0.2, -0.15) is 0 Å². The van der Waals surface area contributed by atoms with Crippen LogP contribution in [0.25, 0.3) is 0 Å². The molecule has 0 aliphatic carbocycles. The Labute approximate surface area is 71.7 Å². The van der Waals surface area contributed by atoms with Gasteiger partial charge in [-0.3, -0.25) is 4.79 Å². The van der Waals surface area contributed by atoms with Gasteiger partial charge in [-0.1, -0.05) is 0 Å². The number of hydrogen-bond donors (Lipinski definition) is 2. The van der Waals surface area contributed by atoms with Crippen molar-refractivity contribution < 1.29 is 9.59 Å². The van der Waals surface area contributed by atoms with E-state index in [0.717, 1.165) is 25.9 Å². The topological polar surface area (TPSA) is 58.2 Å². The lowest BCUT2D eigenvalue weighted by Crippen LogP contribution is -2.40. The van der Waals surface area contributed by atoms with Gasteiger partial charge in [-0.25, -0.2) is 0 Å². The van der Waals surface area contributed by atoms with Gasteiger partial charge in [0.2, 0.25) is 5.91 Å². The Morgan fingerprint density at radius 3 is 3.08 bits per heavy atom. The average Bonchev–Trinajstić information content (AvgIpc) is 2.15. The highest BCUT2D eigenvalue weighted by atomic mass is 16.2. The van der Waals surface area contributed by atoms with Gasteiger partial charge < -0.3 is 15.4 Å². The first-order valence-corrected chi connectivity index (χ1v) is 4.26. The molecule has 0 radical (unpaired) electrons. The molecule has 12 heavy (non-hydrogen) atoms. The van der Waals surface area contributed by atoms with Crippen LogP contribution in [0.5, 0.6) is 0 Å². The predicted molar refractivity (Wildman–Crippen MR) is 44.7 cm³/mol. The van der Waals surface area contributed by atoms with Crippen LogP contribution in [-0.2, 0) is 9.59 Å². The summed E-state index contributed by atoms with van der Waals surface area (Å²) in [5.41, 5.74) is 0. The molecule has 1 aliphatic rings. The SMILES string of the molecule is O=CCNC(=O)C1CCCNC1. The van der Waals surface area contributed by atoms with Crippen molar-refractivity contribution in [1.82, 2.24) is 10.6 Å². The molecule has 1 heterocycles. The maximum Gasteiger partial charge on any atom is 0.224 e. The molecular weight excluding hydrogens is 156 g/mol. The van der Waals surface area contributed by atoms with E-state index in [1.54, 1.807) is 0 Å². The minimum absolute atomic E-state index is 0.00528. The molecule has 0 spiro atoms. The maximum atomic E-state index is 11.2. The van der Waals surface area contributed by atoms with Crippen LogP contribution in [0.2, 0.25) is 0 Å². The van der Waals surface area contributed by atoms with Crippen LogP contribution in [-0.4, -0.2) is 31.8 Å². The van der Waals surface area contributed by atoms with Crippen LogP contribution in [0.3, 0.4) is 0 Å². The van der Waals surface area contributed by atoms with E-state index in [0.29, 0.717) is 6.29 Å². The van der Waals surface area contributed by atoms with E-state index < -0.39 is 0 Å². The largest absolute Gasteiger partial charge is 0.349 e. The van der Waals surface area contributed by atoms with Crippen LogP contribution < -0.4 is 10.6 Å². The second-order valence-corrected chi connectivity index (χ2v) is 2.96. The van der Waals surface area contributed by atoms with Crippen LogP contribution in [0.15, 0.2) is 0 Å². The summed E-state index contributed by atoms with van der Waals surface area (Å²) in [7, 11) is 0. The highest BCUT2D eigenvalue weighted by Gasteiger charge is 2.19. The Balaban J connectivity index is 2.24. The molecule has 1 aliphatic heterocycles. The number of aldehydes is 1. The van der Waals surface area contributed by atoms with E-state index in [1.807, 2.05) is 0 Å². The Kier molecular flexibility index (Phi) is 3.73. The van der Waals surface area contributed by atoms with Crippen molar-refractivity contribution in [2.75, 3.05) is 19.6 Å². The summed E-state index contributed by atoms with van der Waals surface area (Å²) in [6.07, 6.45) is 2.67. The molecule has 2 N–H and O–H groups in total. The summed E-state index contributed by atoms with van der Waals surface area (Å²) in [5.74, 6) is 0.0491. The standard InChI is InChI=1S/C8H14N2O2/c11-5-4-10-8(12)7-2-1-3-9-6-7/h5,7,9H,1-4,6H2,(H,10,12). The van der Waals surface area contributed by atoms with Gasteiger partial charge in [-0.15, -0.1) is 0 Å². The lowest BCUT2D eigenvalue weighted by molar-refractivity contribution is -0.126. The highest BCUT2D eigenvalue weighted by Crippen LogP contribution is 2.08. The molecule has 1 rings (SSSR count). The highest BCUT2D eigenvalue weighted by molar-refractivity contribution is 5.80. The lowest BCUT2D eigenvalue weighted by atomic mass is 9.99. The van der Waals surface area contributed by atoms with Crippen molar-refractivity contribution in [3.05, 3.63) is 0 Å². The second-order valence-electron chi connectivity index (χ2n) is 2.96. The fraction of sp³-hybridized carbons (Fsp3) is 0.750. The Bertz CT molecular complexity index is 164. The fourth-order valence-corrected chi connectivity index (χ4v) is 1.36. The minimum Gasteiger partial charge on any atom is -0.349 e. The first-order chi connectivity index (χ1) is 5.84. The van der Waals surface area contributed by atoms with Gasteiger partial charge in [0.25, 0.3) is 0 Å². The van der Waals surface area contributed by atoms with E-state index in [9.17, 15) is 9.59 Å². The maximum absolute atomic E-state index is 11.2. The third kappa shape index (κ3) is 2.62. The van der Waals surface area contributed by atoms with Gasteiger partial charge in [0.15, 0.2) is 0 Å². The first kappa shape index (κ1) is 9.19. The third-order valence-corrected chi connectivity index (χ3v) is 2.03. The van der Waals surface area contributed by atoms with E-state index in [2.05, 4.69) is 10.6 Å². The van der Waals surface area contributed by atoms with Crippen LogP contribution in [0, 0.1) is 5.92 Å². The van der Waals surface area contributed by atoms with Crippen molar-refractivity contribution in [3.63, 3.8) is 0 Å². The zero-order chi connectivity index (χ0) is 8.81. The van der Waals surface area contributed by atoms with Crippen molar-refractivity contribution in [3.8, 4) is 0 Å². The number of rotatable bonds is 3. The molecule has 68 valence electrons. The third-order valence-electron chi connectivity index (χ3n) is 2.03. The van der Waals surface area contributed by atoms with Gasteiger partial charge in [0, 0.05) is 6.54 Å². The number of carbonyl (C=O) groups is 2. The number of piperidine rings is 1. The van der Waals surface area contributed by atoms with Crippen molar-refractivity contribution in [2.45, 2.75) is 12.8 Å². The average molecular weight is 170 g/mol. The quantitative estimate of drug-likeness (QED) is 0.551. The molecule has 1 saturated heterocycles. The molecule has 1 fully saturated rings. The monoisotopic (exact) mass is 170 g/mol. The van der Waals surface area contributed by atoms with Crippen molar-refractivity contribution in [2.24, 2.45) is 5.92 Å². The van der Waals surface area contributed by atoms with Gasteiger partial charge in [-0.05, 0) is 19.4 Å². The van der Waals surface area contributed by atoms with Crippen LogP contribution >= 0.6 is 0 Å². The Hall–Kier alpha value is -0.900. The molecular formula is C8H14N2O2. The molecule has 1 amide bonds. The van der Waals surface area contributed by atoms with Crippen LogP contribution in [0.1, 0.15) is 12.8 Å². The molecule has 0 bridgehead atoms. The molecule has 0 aromatic carbocycles. The molecule has 4 heteroatoms. The summed E-state index contributed by atoms with van der Waals surface area (Å²) >= 11 is 0. The van der Waals surface area contributed by atoms with Gasteiger partial charge >= 0.3 is 0 Å². The van der Waals surface area contributed by atoms with Gasteiger partial charge in [0.05, 0.1) is 12.5 Å². The lowest BCUT2D eigenvalue weighted by Gasteiger charge is -2.21. The van der Waals surface area contributed by atoms with E-state index >= 15 is 0 Å². The zero-order valence-corrected chi connectivity index (χ0v) is 7.01. The summed E-state index contributed by atoms with van der Waals surface area (Å²) in [5, 5.41) is 5.70.